The highest BCUT2D eigenvalue weighted by Gasteiger charge is 2.30. The first-order valence-electron chi connectivity index (χ1n) is 39.9. The number of nitrogens with one attached hydrogen (secondary N) is 2. The molecule has 4 aromatic carbocycles. The monoisotopic (exact) mass is 1580 g/mol. The molecule has 13 heterocycles. The third-order valence-corrected chi connectivity index (χ3v) is 21.8. The number of benzene rings is 4. The highest BCUT2D eigenvalue weighted by atomic mass is 16.4. The maximum absolute atomic E-state index is 12.8. The molecule has 1 saturated heterocycles. The van der Waals surface area contributed by atoms with E-state index in [1.165, 1.54) is 50.8 Å². The van der Waals surface area contributed by atoms with Gasteiger partial charge in [-0.1, -0.05) is 55.0 Å². The third-order valence-electron chi connectivity index (χ3n) is 21.8. The van der Waals surface area contributed by atoms with Crippen molar-refractivity contribution in [1.29, 1.82) is 0 Å². The largest absolute Gasteiger partial charge is 0.422 e. The predicted molar refractivity (Wildman–Crippen MR) is 452 cm³/mol. The number of imidazole rings is 4. The first-order chi connectivity index (χ1) is 56.6. The lowest BCUT2D eigenvalue weighted by Crippen LogP contribution is -2.44. The molecule has 12 aromatic heterocycles. The van der Waals surface area contributed by atoms with E-state index in [2.05, 4.69) is 78.5 Å². The summed E-state index contributed by atoms with van der Waals surface area (Å²) in [4.78, 5) is 91.3. The van der Waals surface area contributed by atoms with E-state index in [0.717, 1.165) is 140 Å². The molecule has 27 heteroatoms. The van der Waals surface area contributed by atoms with Gasteiger partial charge in [0, 0.05) is 103 Å². The van der Waals surface area contributed by atoms with Crippen LogP contribution in [-0.2, 0) is 19.3 Å². The van der Waals surface area contributed by atoms with Crippen LogP contribution in [0.5, 0.6) is 0 Å². The minimum Gasteiger partial charge on any atom is -0.422 e. The quantitative estimate of drug-likeness (QED) is 0.0329. The number of rotatable bonds is 21. The average molecular weight is 1580 g/mol. The lowest BCUT2D eigenvalue weighted by molar-refractivity contribution is 0.0975. The van der Waals surface area contributed by atoms with Gasteiger partial charge in [0.25, 0.3) is 0 Å². The van der Waals surface area contributed by atoms with Gasteiger partial charge in [-0.2, -0.15) is 0 Å². The Bertz CT molecular complexity index is 6600. The number of hydrogen-bond acceptors (Lipinski definition) is 23. The SMILES string of the molecule is Cc1cn2cc(-c3cc4ccc(C5CCN(C6CCC6)CC5)cc4oc3=O)nc2cn1.Cc1cn2cc(-c3cc4ccc(CCN(C)CCO)cc4oc3=O)nc2c(C)n1.Cc1cn2cc(-c3cc4ccc(CCNC(C)CO)cc4oc3=O)nc2c(C)n1.Cc1cn2cc(-c3cc4ccc(CCNCCO)cc4oc3=O)nc2c(C)n1. The molecular weight excluding hydrogens is 1480 g/mol. The van der Waals surface area contributed by atoms with Crippen LogP contribution in [0.1, 0.15) is 107 Å². The zero-order valence-electron chi connectivity index (χ0n) is 67.3. The topological polar surface area (TPSA) is 333 Å². The number of hydrogen-bond donors (Lipinski definition) is 5. The van der Waals surface area contributed by atoms with Crippen LogP contribution in [0, 0.1) is 48.5 Å². The van der Waals surface area contributed by atoms with Gasteiger partial charge in [0.15, 0.2) is 22.6 Å². The fraction of sp³-hybridized carbons (Fsp3) is 0.333. The number of likely N-dealkylation sites (tertiary alicyclic amines) is 1. The maximum Gasteiger partial charge on any atom is 0.345 e. The lowest BCUT2D eigenvalue weighted by atomic mass is 9.85. The van der Waals surface area contributed by atoms with Gasteiger partial charge in [-0.25, -0.2) is 39.1 Å². The number of nitrogens with zero attached hydrogens (tertiary/aromatic N) is 14. The van der Waals surface area contributed by atoms with Crippen molar-refractivity contribution in [2.24, 2.45) is 0 Å². The van der Waals surface area contributed by atoms with Crippen LogP contribution in [0.4, 0.5) is 0 Å². The molecule has 0 bridgehead atoms. The van der Waals surface area contributed by atoms with Crippen LogP contribution in [-0.4, -0.2) is 167 Å². The maximum atomic E-state index is 12.8. The van der Waals surface area contributed by atoms with E-state index in [0.29, 0.717) is 92.0 Å². The molecule has 27 nitrogen and oxygen atoms in total. The molecule has 2 fully saturated rings. The van der Waals surface area contributed by atoms with Crippen LogP contribution >= 0.6 is 0 Å². The Morgan fingerprint density at radius 3 is 1.31 bits per heavy atom. The van der Waals surface area contributed by atoms with Gasteiger partial charge in [-0.15, -0.1) is 0 Å². The number of piperidine rings is 1. The van der Waals surface area contributed by atoms with E-state index >= 15 is 0 Å². The second-order valence-corrected chi connectivity index (χ2v) is 30.8. The Balaban J connectivity index is 0.000000122. The predicted octanol–water partition coefficient (Wildman–Crippen LogP) is 12.0. The van der Waals surface area contributed by atoms with E-state index in [9.17, 15) is 19.2 Å². The fourth-order valence-electron chi connectivity index (χ4n) is 15.4. The van der Waals surface area contributed by atoms with Crippen molar-refractivity contribution in [1.82, 2.24) is 77.9 Å². The smallest absolute Gasteiger partial charge is 0.345 e. The summed E-state index contributed by atoms with van der Waals surface area (Å²) < 4.78 is 30.1. The summed E-state index contributed by atoms with van der Waals surface area (Å²) in [5.41, 5.74) is 18.3. The summed E-state index contributed by atoms with van der Waals surface area (Å²) in [6.07, 6.45) is 25.5. The molecule has 1 saturated carbocycles. The molecule has 5 N–H and O–H groups in total. The van der Waals surface area contributed by atoms with Crippen molar-refractivity contribution in [2.75, 3.05) is 72.7 Å². The summed E-state index contributed by atoms with van der Waals surface area (Å²) in [6.45, 7) is 21.6. The molecule has 18 rings (SSSR count). The van der Waals surface area contributed by atoms with Crippen LogP contribution in [0.2, 0.25) is 0 Å². The number of aliphatic hydroxyl groups excluding tert-OH is 3. The van der Waals surface area contributed by atoms with Crippen LogP contribution < -0.4 is 33.1 Å². The molecular formula is C90H96N16O11. The van der Waals surface area contributed by atoms with Gasteiger partial charge in [0.2, 0.25) is 0 Å². The molecule has 16 aromatic rings. The van der Waals surface area contributed by atoms with E-state index in [-0.39, 0.29) is 31.5 Å². The molecule has 1 aliphatic carbocycles. The molecule has 0 amide bonds. The minimum absolute atomic E-state index is 0.0593. The molecule has 0 radical (unpaired) electrons. The van der Waals surface area contributed by atoms with Crippen LogP contribution in [0.25, 0.3) is 111 Å². The highest BCUT2D eigenvalue weighted by Crippen LogP contribution is 2.36. The van der Waals surface area contributed by atoms with E-state index < -0.39 is 16.9 Å². The third kappa shape index (κ3) is 18.3. The summed E-state index contributed by atoms with van der Waals surface area (Å²) in [6, 6.07) is 32.3. The van der Waals surface area contributed by atoms with Crippen LogP contribution in [0.3, 0.4) is 0 Å². The lowest BCUT2D eigenvalue weighted by Gasteiger charge is -2.41. The second-order valence-electron chi connectivity index (χ2n) is 30.8. The van der Waals surface area contributed by atoms with Crippen molar-refractivity contribution >= 4 is 66.5 Å². The molecule has 0 spiro atoms. The minimum atomic E-state index is -0.410. The summed E-state index contributed by atoms with van der Waals surface area (Å²) >= 11 is 0. The number of aliphatic hydroxyl groups is 3. The van der Waals surface area contributed by atoms with Crippen molar-refractivity contribution < 1.29 is 33.0 Å². The second kappa shape index (κ2) is 35.2. The van der Waals surface area contributed by atoms with Gasteiger partial charge in [0.1, 0.15) is 22.3 Å². The van der Waals surface area contributed by atoms with Crippen molar-refractivity contribution in [3.05, 3.63) is 257 Å². The number of fused-ring (bicyclic) bond motifs is 8. The molecule has 1 aliphatic heterocycles. The summed E-state index contributed by atoms with van der Waals surface area (Å²) in [5.74, 6) is 0.542. The average Bonchev–Trinajstić information content (AvgIpc) is 1.72. The number of likely N-dealkylation sites (N-methyl/N-ethyl adjacent to an activating group) is 1. The van der Waals surface area contributed by atoms with Gasteiger partial charge in [-0.05, 0) is 210 Å². The molecule has 1 atom stereocenters. The molecule has 602 valence electrons. The van der Waals surface area contributed by atoms with E-state index in [4.69, 9.17) is 33.0 Å². The Labute approximate surface area is 673 Å². The van der Waals surface area contributed by atoms with Crippen LogP contribution in [0.15, 0.2) is 190 Å². The summed E-state index contributed by atoms with van der Waals surface area (Å²) in [5, 5.41) is 36.7. The van der Waals surface area contributed by atoms with Crippen molar-refractivity contribution in [3.63, 3.8) is 0 Å². The Kier molecular flexibility index (Phi) is 24.1. The zero-order valence-corrected chi connectivity index (χ0v) is 67.3. The van der Waals surface area contributed by atoms with Gasteiger partial charge in [-0.3, -0.25) is 19.9 Å². The van der Waals surface area contributed by atoms with E-state index in [1.807, 2.05) is 208 Å². The number of aromatic nitrogens is 12. The zero-order chi connectivity index (χ0) is 81.7. The summed E-state index contributed by atoms with van der Waals surface area (Å²) in [7, 11) is 1.97. The first kappa shape index (κ1) is 80.1. The van der Waals surface area contributed by atoms with Gasteiger partial charge in [0.05, 0.1) is 111 Å². The highest BCUT2D eigenvalue weighted by molar-refractivity contribution is 5.85. The van der Waals surface area contributed by atoms with Gasteiger partial charge >= 0.3 is 22.5 Å². The Morgan fingerprint density at radius 1 is 0.453 bits per heavy atom. The van der Waals surface area contributed by atoms with Gasteiger partial charge < -0.3 is 71.0 Å². The number of aryl methyl sites for hydroxylation is 7. The standard InChI is InChI=1S/C25H26N4O2.2C22H24N4O3.C21H22N4O3/c1-16-14-29-15-22(27-24(29)13-26-16)21-11-19-6-5-18(12-23(19)31-25(21)30)17-7-9-28(10-8-17)20-3-2-4-20;1-13-10-26-11-19(25-21(26)15(3)24-13)18-9-17-5-4-16(6-7-23-14(2)12-27)8-20(17)29-22(18)28;1-14-12-26-13-19(24-21(26)15(2)23-14)18-11-17-5-4-16(6-7-25(3)8-9-27)10-20(17)29-22(18)28;1-13-11-25-12-18(24-20(25)14(2)23-13)17-10-16-4-3-15(5-6-22-7-8-26)9-19(16)28-21(17)27/h5-6,11-15,17,20H,2-4,7-10H2,1H3;4-5,8-11,14,23,27H,6-7,12H2,1-3H3;4-5,10-13,27H,6-9H2,1-3H3;3-4,9-12,22,26H,5-8H2,1-2H3. The fourth-order valence-corrected chi connectivity index (χ4v) is 15.4. The Hall–Kier alpha value is -12.1. The van der Waals surface area contributed by atoms with Crippen molar-refractivity contribution in [3.8, 4) is 45.0 Å². The molecule has 2 aliphatic rings. The Morgan fingerprint density at radius 2 is 0.872 bits per heavy atom. The normalized spacial score (nSPS) is 13.8. The van der Waals surface area contributed by atoms with Crippen molar-refractivity contribution in [2.45, 2.75) is 125 Å². The molecule has 1 unspecified atom stereocenters. The van der Waals surface area contributed by atoms with E-state index in [1.54, 1.807) is 6.20 Å². The first-order valence-corrected chi connectivity index (χ1v) is 39.9. The molecule has 117 heavy (non-hydrogen) atoms.